The molecule has 0 saturated carbocycles. The molecule has 0 aromatic heterocycles. The van der Waals surface area contributed by atoms with Gasteiger partial charge in [-0.25, -0.2) is 0 Å². The molecule has 4 heteroatoms. The summed E-state index contributed by atoms with van der Waals surface area (Å²) in [6.45, 7) is 11.2. The van der Waals surface area contributed by atoms with Gasteiger partial charge in [-0.3, -0.25) is 0 Å². The number of methoxy groups -OCH3 is 1. The Morgan fingerprint density at radius 2 is 2.00 bits per heavy atom. The van der Waals surface area contributed by atoms with E-state index in [9.17, 15) is 0 Å². The zero-order valence-electron chi connectivity index (χ0n) is 11.8. The van der Waals surface area contributed by atoms with Crippen LogP contribution >= 0.6 is 11.8 Å². The van der Waals surface area contributed by atoms with Crippen LogP contribution in [0.4, 0.5) is 0 Å². The van der Waals surface area contributed by atoms with Crippen LogP contribution in [0.15, 0.2) is 0 Å². The summed E-state index contributed by atoms with van der Waals surface area (Å²) in [6.07, 6.45) is 1.17. The summed E-state index contributed by atoms with van der Waals surface area (Å²) in [5.74, 6) is 2.58. The number of hydrogen-bond acceptors (Lipinski definition) is 4. The van der Waals surface area contributed by atoms with Gasteiger partial charge in [-0.15, -0.1) is 0 Å². The quantitative estimate of drug-likeness (QED) is 0.755. The van der Waals surface area contributed by atoms with Crippen molar-refractivity contribution >= 4 is 11.8 Å². The second kappa shape index (κ2) is 7.62. The minimum Gasteiger partial charge on any atom is -0.377 e. The van der Waals surface area contributed by atoms with Crippen molar-refractivity contribution in [3.05, 3.63) is 0 Å². The van der Waals surface area contributed by atoms with Gasteiger partial charge in [-0.05, 0) is 33.4 Å². The van der Waals surface area contributed by atoms with Crippen molar-refractivity contribution in [2.24, 2.45) is 0 Å². The summed E-state index contributed by atoms with van der Waals surface area (Å²) in [5.41, 5.74) is -0.0828. The van der Waals surface area contributed by atoms with E-state index in [1.54, 1.807) is 0 Å². The normalized spacial score (nSPS) is 20.5. The Hall–Kier alpha value is 0.230. The smallest absolute Gasteiger partial charge is 0.0775 e. The molecule has 1 atom stereocenters. The molecule has 3 nitrogen and oxygen atoms in total. The highest BCUT2D eigenvalue weighted by atomic mass is 32.2. The highest BCUT2D eigenvalue weighted by Gasteiger charge is 2.28. The van der Waals surface area contributed by atoms with Crippen molar-refractivity contribution in [2.75, 3.05) is 44.8 Å². The van der Waals surface area contributed by atoms with Crippen molar-refractivity contribution in [3.63, 3.8) is 0 Å². The summed E-state index contributed by atoms with van der Waals surface area (Å²) in [7, 11) is 1.81. The first-order valence-corrected chi connectivity index (χ1v) is 7.84. The molecule has 1 heterocycles. The van der Waals surface area contributed by atoms with E-state index in [4.69, 9.17) is 4.74 Å². The summed E-state index contributed by atoms with van der Waals surface area (Å²) in [5, 5.41) is 3.56. The molecule has 0 aromatic rings. The van der Waals surface area contributed by atoms with Gasteiger partial charge in [0.05, 0.1) is 5.60 Å². The molecule has 0 radical (unpaired) electrons. The zero-order valence-corrected chi connectivity index (χ0v) is 12.6. The number of likely N-dealkylation sites (N-methyl/N-ethyl adjacent to an activating group) is 1. The van der Waals surface area contributed by atoms with Crippen molar-refractivity contribution in [1.29, 1.82) is 0 Å². The molecule has 0 aromatic carbocycles. The Morgan fingerprint density at radius 1 is 1.35 bits per heavy atom. The predicted molar refractivity (Wildman–Crippen MR) is 76.9 cm³/mol. The first kappa shape index (κ1) is 15.3. The van der Waals surface area contributed by atoms with Crippen LogP contribution in [0.1, 0.15) is 27.2 Å². The van der Waals surface area contributed by atoms with Crippen LogP contribution in [0.5, 0.6) is 0 Å². The van der Waals surface area contributed by atoms with Gasteiger partial charge in [0.1, 0.15) is 0 Å². The molecule has 1 rings (SSSR count). The molecule has 17 heavy (non-hydrogen) atoms. The molecule has 0 aliphatic carbocycles. The van der Waals surface area contributed by atoms with Gasteiger partial charge in [0, 0.05) is 37.7 Å². The van der Waals surface area contributed by atoms with E-state index in [1.165, 1.54) is 37.6 Å². The summed E-state index contributed by atoms with van der Waals surface area (Å²) < 4.78 is 5.61. The first-order chi connectivity index (χ1) is 8.10. The van der Waals surface area contributed by atoms with Crippen molar-refractivity contribution < 1.29 is 4.74 Å². The van der Waals surface area contributed by atoms with Gasteiger partial charge in [-0.1, -0.05) is 6.92 Å². The molecule has 0 amide bonds. The molecule has 1 unspecified atom stereocenters. The lowest BCUT2D eigenvalue weighted by atomic mass is 9.95. The zero-order chi connectivity index (χ0) is 12.7. The fraction of sp³-hybridized carbons (Fsp3) is 1.00. The van der Waals surface area contributed by atoms with Gasteiger partial charge >= 0.3 is 0 Å². The molecule has 0 bridgehead atoms. The molecule has 1 aliphatic rings. The average molecular weight is 260 g/mol. The second-order valence-electron chi connectivity index (χ2n) is 5.16. The lowest BCUT2D eigenvalue weighted by Crippen LogP contribution is -2.50. The lowest BCUT2D eigenvalue weighted by Gasteiger charge is -2.36. The van der Waals surface area contributed by atoms with Crippen LogP contribution < -0.4 is 5.32 Å². The number of rotatable bonds is 7. The van der Waals surface area contributed by atoms with E-state index in [2.05, 4.69) is 42.7 Å². The fourth-order valence-electron chi connectivity index (χ4n) is 2.22. The van der Waals surface area contributed by atoms with E-state index in [-0.39, 0.29) is 5.60 Å². The highest BCUT2D eigenvalue weighted by Crippen LogP contribution is 2.18. The molecular weight excluding hydrogens is 232 g/mol. The molecule has 1 N–H and O–H groups in total. The predicted octanol–water partition coefficient (Wildman–Crippen LogP) is 1.83. The van der Waals surface area contributed by atoms with Crippen LogP contribution in [-0.4, -0.2) is 61.3 Å². The maximum Gasteiger partial charge on any atom is 0.0775 e. The Morgan fingerprint density at radius 3 is 2.53 bits per heavy atom. The van der Waals surface area contributed by atoms with Crippen LogP contribution in [0.3, 0.4) is 0 Å². The van der Waals surface area contributed by atoms with E-state index in [0.717, 1.165) is 6.54 Å². The standard InChI is InChI=1S/C13H28N2OS/c1-5-14-12(13(2,3)16-4)6-7-15-8-10-17-11-9-15/h12,14H,5-11H2,1-4H3. The largest absolute Gasteiger partial charge is 0.377 e. The first-order valence-electron chi connectivity index (χ1n) is 6.68. The summed E-state index contributed by atoms with van der Waals surface area (Å²) in [6, 6.07) is 0.437. The maximum absolute atomic E-state index is 5.61. The molecule has 102 valence electrons. The molecule has 1 saturated heterocycles. The van der Waals surface area contributed by atoms with Crippen LogP contribution in [0.2, 0.25) is 0 Å². The number of nitrogens with one attached hydrogen (secondary N) is 1. The van der Waals surface area contributed by atoms with E-state index in [0.29, 0.717) is 6.04 Å². The second-order valence-corrected chi connectivity index (χ2v) is 6.39. The number of hydrogen-bond donors (Lipinski definition) is 1. The Kier molecular flexibility index (Phi) is 6.85. The fourth-order valence-corrected chi connectivity index (χ4v) is 3.20. The van der Waals surface area contributed by atoms with Gasteiger partial charge in [-0.2, -0.15) is 11.8 Å². The Balaban J connectivity index is 2.37. The third kappa shape index (κ3) is 5.16. The molecule has 1 aliphatic heterocycles. The van der Waals surface area contributed by atoms with Gasteiger partial charge < -0.3 is 15.0 Å². The van der Waals surface area contributed by atoms with E-state index < -0.39 is 0 Å². The lowest BCUT2D eigenvalue weighted by molar-refractivity contribution is -0.0142. The van der Waals surface area contributed by atoms with Crippen molar-refractivity contribution in [3.8, 4) is 0 Å². The SMILES string of the molecule is CCNC(CCN1CCSCC1)C(C)(C)OC. The van der Waals surface area contributed by atoms with Gasteiger partial charge in [0.15, 0.2) is 0 Å². The van der Waals surface area contributed by atoms with Gasteiger partial charge in [0.25, 0.3) is 0 Å². The summed E-state index contributed by atoms with van der Waals surface area (Å²) in [4.78, 5) is 2.58. The molecule has 1 fully saturated rings. The third-order valence-corrected chi connectivity index (χ3v) is 4.60. The monoisotopic (exact) mass is 260 g/mol. The number of thioether (sulfide) groups is 1. The van der Waals surface area contributed by atoms with Crippen LogP contribution in [-0.2, 0) is 4.74 Å². The van der Waals surface area contributed by atoms with Crippen molar-refractivity contribution in [2.45, 2.75) is 38.8 Å². The Labute approximate surface area is 111 Å². The molecule has 0 spiro atoms. The third-order valence-electron chi connectivity index (χ3n) is 3.65. The van der Waals surface area contributed by atoms with Crippen LogP contribution in [0, 0.1) is 0 Å². The molecular formula is C13H28N2OS. The minimum absolute atomic E-state index is 0.0828. The summed E-state index contributed by atoms with van der Waals surface area (Å²) >= 11 is 2.07. The number of ether oxygens (including phenoxy) is 1. The Bertz CT molecular complexity index is 206. The van der Waals surface area contributed by atoms with E-state index >= 15 is 0 Å². The topological polar surface area (TPSA) is 24.5 Å². The number of nitrogens with zero attached hydrogens (tertiary/aromatic N) is 1. The van der Waals surface area contributed by atoms with Crippen molar-refractivity contribution in [1.82, 2.24) is 10.2 Å². The average Bonchev–Trinajstić information content (AvgIpc) is 2.35. The minimum atomic E-state index is -0.0828. The maximum atomic E-state index is 5.61. The van der Waals surface area contributed by atoms with E-state index in [1.807, 2.05) is 7.11 Å². The van der Waals surface area contributed by atoms with Gasteiger partial charge in [0.2, 0.25) is 0 Å². The van der Waals surface area contributed by atoms with Crippen LogP contribution in [0.25, 0.3) is 0 Å². The highest BCUT2D eigenvalue weighted by molar-refractivity contribution is 7.99.